The maximum absolute atomic E-state index is 10.8. The van der Waals surface area contributed by atoms with Crippen LogP contribution in [0.1, 0.15) is 19.4 Å². The molecule has 26 heavy (non-hydrogen) atoms. The van der Waals surface area contributed by atoms with Crippen molar-refractivity contribution in [1.82, 2.24) is 14.5 Å². The number of aliphatic carboxylic acids is 1. The Kier molecular flexibility index (Phi) is 5.17. The van der Waals surface area contributed by atoms with Crippen molar-refractivity contribution >= 4 is 11.7 Å². The van der Waals surface area contributed by atoms with E-state index in [0.29, 0.717) is 29.1 Å². The van der Waals surface area contributed by atoms with E-state index < -0.39 is 5.97 Å². The summed E-state index contributed by atoms with van der Waals surface area (Å²) in [4.78, 5) is 19.4. The molecule has 0 bridgehead atoms. The van der Waals surface area contributed by atoms with Gasteiger partial charge in [0, 0.05) is 30.2 Å². The van der Waals surface area contributed by atoms with Crippen molar-refractivity contribution in [3.63, 3.8) is 0 Å². The Morgan fingerprint density at radius 1 is 1.31 bits per heavy atom. The van der Waals surface area contributed by atoms with Gasteiger partial charge in [-0.2, -0.15) is 4.98 Å². The summed E-state index contributed by atoms with van der Waals surface area (Å²) < 4.78 is 7.53. The molecule has 7 heteroatoms. The van der Waals surface area contributed by atoms with Gasteiger partial charge in [0.15, 0.2) is 5.82 Å². The number of anilines is 1. The summed E-state index contributed by atoms with van der Waals surface area (Å²) in [7, 11) is 0. The first-order valence-corrected chi connectivity index (χ1v) is 8.25. The Bertz CT molecular complexity index is 905. The molecule has 0 saturated heterocycles. The number of nitrogens with one attached hydrogen (secondary N) is 1. The second-order valence-electron chi connectivity index (χ2n) is 6.14. The monoisotopic (exact) mass is 352 g/mol. The zero-order chi connectivity index (χ0) is 18.5. The smallest absolute Gasteiger partial charge is 0.307 e. The summed E-state index contributed by atoms with van der Waals surface area (Å²) in [5, 5.41) is 12.2. The maximum atomic E-state index is 10.8. The van der Waals surface area contributed by atoms with E-state index in [0.717, 1.165) is 5.69 Å². The predicted octanol–water partition coefficient (Wildman–Crippen LogP) is 3.51. The molecule has 0 aliphatic rings. The lowest BCUT2D eigenvalue weighted by Gasteiger charge is -2.11. The summed E-state index contributed by atoms with van der Waals surface area (Å²) in [6, 6.07) is 9.68. The summed E-state index contributed by atoms with van der Waals surface area (Å²) in [6.45, 7) is 4.14. The Balaban J connectivity index is 1.77. The van der Waals surface area contributed by atoms with Crippen LogP contribution in [0, 0.1) is 0 Å². The van der Waals surface area contributed by atoms with Gasteiger partial charge in [-0.25, -0.2) is 0 Å². The van der Waals surface area contributed by atoms with Gasteiger partial charge < -0.3 is 19.7 Å². The van der Waals surface area contributed by atoms with Crippen LogP contribution in [0.25, 0.3) is 5.82 Å². The number of carboxylic acid groups (broad SMARTS) is 1. The molecular formula is C19H20N4O3. The highest BCUT2D eigenvalue weighted by molar-refractivity contribution is 5.70. The van der Waals surface area contributed by atoms with Gasteiger partial charge in [-0.15, -0.1) is 0 Å². The topological polar surface area (TPSA) is 89.3 Å². The van der Waals surface area contributed by atoms with Crippen molar-refractivity contribution in [2.24, 2.45) is 0 Å². The molecule has 0 aliphatic heterocycles. The Morgan fingerprint density at radius 2 is 2.15 bits per heavy atom. The molecule has 0 fully saturated rings. The standard InChI is InChI=1S/C19H20N4O3/c1-13(2)21-15-4-3-5-16(9-15)26-18-11-20-10-17(22-18)23-7-6-14(12-23)8-19(24)25/h3-7,9-13,21H,8H2,1-2H3,(H,24,25). The molecule has 2 heterocycles. The first-order chi connectivity index (χ1) is 12.5. The van der Waals surface area contributed by atoms with Gasteiger partial charge in [-0.3, -0.25) is 9.78 Å². The predicted molar refractivity (Wildman–Crippen MR) is 98.0 cm³/mol. The third kappa shape index (κ3) is 4.60. The Morgan fingerprint density at radius 3 is 2.92 bits per heavy atom. The average molecular weight is 352 g/mol. The summed E-state index contributed by atoms with van der Waals surface area (Å²) >= 11 is 0. The fraction of sp³-hybridized carbons (Fsp3) is 0.211. The molecule has 134 valence electrons. The second kappa shape index (κ2) is 7.69. The summed E-state index contributed by atoms with van der Waals surface area (Å²) in [5.41, 5.74) is 1.66. The van der Waals surface area contributed by atoms with Crippen LogP contribution in [-0.2, 0) is 11.2 Å². The SMILES string of the molecule is CC(C)Nc1cccc(Oc2cncc(-n3ccc(CC(=O)O)c3)n2)c1. The van der Waals surface area contributed by atoms with E-state index in [-0.39, 0.29) is 6.42 Å². The number of ether oxygens (including phenoxy) is 1. The van der Waals surface area contributed by atoms with Gasteiger partial charge in [-0.1, -0.05) is 6.07 Å². The molecular weight excluding hydrogens is 332 g/mol. The minimum Gasteiger partial charge on any atom is -0.481 e. The van der Waals surface area contributed by atoms with Crippen LogP contribution in [0.2, 0.25) is 0 Å². The van der Waals surface area contributed by atoms with E-state index in [4.69, 9.17) is 9.84 Å². The zero-order valence-electron chi connectivity index (χ0n) is 14.6. The van der Waals surface area contributed by atoms with Crippen LogP contribution < -0.4 is 10.1 Å². The lowest BCUT2D eigenvalue weighted by Crippen LogP contribution is -2.09. The number of nitrogens with zero attached hydrogens (tertiary/aromatic N) is 3. The fourth-order valence-corrected chi connectivity index (χ4v) is 2.48. The molecule has 0 unspecified atom stereocenters. The van der Waals surface area contributed by atoms with E-state index >= 15 is 0 Å². The number of rotatable bonds is 7. The molecule has 3 rings (SSSR count). The molecule has 0 radical (unpaired) electrons. The first-order valence-electron chi connectivity index (χ1n) is 8.25. The van der Waals surface area contributed by atoms with E-state index in [9.17, 15) is 4.79 Å². The van der Waals surface area contributed by atoms with Gasteiger partial charge >= 0.3 is 5.97 Å². The quantitative estimate of drug-likeness (QED) is 0.676. The van der Waals surface area contributed by atoms with Gasteiger partial charge in [-0.05, 0) is 37.6 Å². The summed E-state index contributed by atoms with van der Waals surface area (Å²) in [6.07, 6.45) is 6.56. The highest BCUT2D eigenvalue weighted by Gasteiger charge is 2.07. The number of hydrogen-bond donors (Lipinski definition) is 2. The zero-order valence-corrected chi connectivity index (χ0v) is 14.6. The lowest BCUT2D eigenvalue weighted by molar-refractivity contribution is -0.136. The van der Waals surface area contributed by atoms with Crippen molar-refractivity contribution in [2.75, 3.05) is 5.32 Å². The lowest BCUT2D eigenvalue weighted by atomic mass is 10.2. The number of carbonyl (C=O) groups is 1. The summed E-state index contributed by atoms with van der Waals surface area (Å²) in [5.74, 6) is 0.690. The second-order valence-corrected chi connectivity index (χ2v) is 6.14. The van der Waals surface area contributed by atoms with Crippen LogP contribution in [0.15, 0.2) is 55.1 Å². The fourth-order valence-electron chi connectivity index (χ4n) is 2.48. The number of carboxylic acids is 1. The molecule has 0 spiro atoms. The van der Waals surface area contributed by atoms with Crippen LogP contribution in [0.3, 0.4) is 0 Å². The maximum Gasteiger partial charge on any atom is 0.307 e. The minimum atomic E-state index is -0.874. The average Bonchev–Trinajstić information content (AvgIpc) is 3.02. The van der Waals surface area contributed by atoms with E-state index in [1.165, 1.54) is 6.20 Å². The number of benzene rings is 1. The molecule has 3 aromatic rings. The molecule has 0 amide bonds. The third-order valence-electron chi connectivity index (χ3n) is 3.49. The first kappa shape index (κ1) is 17.5. The van der Waals surface area contributed by atoms with Gasteiger partial charge in [0.1, 0.15) is 5.75 Å². The normalized spacial score (nSPS) is 10.7. The van der Waals surface area contributed by atoms with E-state index in [1.807, 2.05) is 24.3 Å². The van der Waals surface area contributed by atoms with Gasteiger partial charge in [0.2, 0.25) is 5.88 Å². The number of aromatic nitrogens is 3. The van der Waals surface area contributed by atoms with Crippen molar-refractivity contribution < 1.29 is 14.6 Å². The van der Waals surface area contributed by atoms with Crippen LogP contribution >= 0.6 is 0 Å². The minimum absolute atomic E-state index is 0.0355. The van der Waals surface area contributed by atoms with Crippen LogP contribution in [0.5, 0.6) is 11.6 Å². The highest BCUT2D eigenvalue weighted by atomic mass is 16.5. The van der Waals surface area contributed by atoms with Crippen LogP contribution in [0.4, 0.5) is 5.69 Å². The van der Waals surface area contributed by atoms with Gasteiger partial charge in [0.25, 0.3) is 0 Å². The third-order valence-corrected chi connectivity index (χ3v) is 3.49. The van der Waals surface area contributed by atoms with Crippen molar-refractivity contribution in [1.29, 1.82) is 0 Å². The van der Waals surface area contributed by atoms with Crippen molar-refractivity contribution in [3.05, 3.63) is 60.7 Å². The van der Waals surface area contributed by atoms with E-state index in [1.54, 1.807) is 29.2 Å². The van der Waals surface area contributed by atoms with Crippen molar-refractivity contribution in [2.45, 2.75) is 26.3 Å². The van der Waals surface area contributed by atoms with Crippen molar-refractivity contribution in [3.8, 4) is 17.4 Å². The molecule has 0 atom stereocenters. The molecule has 2 N–H and O–H groups in total. The molecule has 2 aromatic heterocycles. The number of hydrogen-bond acceptors (Lipinski definition) is 5. The molecule has 7 nitrogen and oxygen atoms in total. The van der Waals surface area contributed by atoms with Crippen LogP contribution in [-0.4, -0.2) is 31.7 Å². The largest absolute Gasteiger partial charge is 0.481 e. The van der Waals surface area contributed by atoms with Gasteiger partial charge in [0.05, 0.1) is 18.8 Å². The Hall–Kier alpha value is -3.35. The van der Waals surface area contributed by atoms with E-state index in [2.05, 4.69) is 29.1 Å². The molecule has 0 aliphatic carbocycles. The highest BCUT2D eigenvalue weighted by Crippen LogP contribution is 2.23. The Labute approximate surface area is 151 Å². The molecule has 1 aromatic carbocycles. The molecule has 0 saturated carbocycles.